The maximum absolute atomic E-state index is 12.0. The first-order valence-electron chi connectivity index (χ1n) is 7.24. The van der Waals surface area contributed by atoms with Crippen LogP contribution in [0.15, 0.2) is 10.6 Å². The van der Waals surface area contributed by atoms with Crippen LogP contribution in [0.2, 0.25) is 0 Å². The highest BCUT2D eigenvalue weighted by molar-refractivity contribution is 5.92. The van der Waals surface area contributed by atoms with Crippen molar-refractivity contribution in [3.05, 3.63) is 17.5 Å². The quantitative estimate of drug-likeness (QED) is 0.797. The van der Waals surface area contributed by atoms with Gasteiger partial charge in [0.1, 0.15) is 0 Å². The minimum Gasteiger partial charge on any atom is -0.385 e. The fraction of sp³-hybridized carbons (Fsp3) is 0.714. The standard InChI is InChI=1S/C14H23N3O4/c1-11(3-6-19-2)15-14(18)13-9-12(21-16-13)10-17-4-7-20-8-5-17/h9,11H,3-8,10H2,1-2H3,(H,15,18)/t11-/m1/s1. The van der Waals surface area contributed by atoms with Crippen molar-refractivity contribution in [1.29, 1.82) is 0 Å². The number of nitrogens with zero attached hydrogens (tertiary/aromatic N) is 2. The van der Waals surface area contributed by atoms with Gasteiger partial charge in [0.25, 0.3) is 5.91 Å². The molecule has 1 fully saturated rings. The Balaban J connectivity index is 1.82. The van der Waals surface area contributed by atoms with Gasteiger partial charge in [-0.2, -0.15) is 0 Å². The Morgan fingerprint density at radius 2 is 2.29 bits per heavy atom. The number of nitrogens with one attached hydrogen (secondary N) is 1. The molecule has 1 aliphatic rings. The minimum absolute atomic E-state index is 0.0387. The Morgan fingerprint density at radius 1 is 1.52 bits per heavy atom. The van der Waals surface area contributed by atoms with Crippen molar-refractivity contribution in [2.75, 3.05) is 40.0 Å². The van der Waals surface area contributed by atoms with Gasteiger partial charge in [-0.3, -0.25) is 9.69 Å². The first kappa shape index (κ1) is 15.9. The van der Waals surface area contributed by atoms with Crippen molar-refractivity contribution in [1.82, 2.24) is 15.4 Å². The van der Waals surface area contributed by atoms with Gasteiger partial charge in [0, 0.05) is 38.9 Å². The van der Waals surface area contributed by atoms with Crippen LogP contribution >= 0.6 is 0 Å². The van der Waals surface area contributed by atoms with Crippen molar-refractivity contribution in [3.8, 4) is 0 Å². The highest BCUT2D eigenvalue weighted by atomic mass is 16.5. The smallest absolute Gasteiger partial charge is 0.273 e. The van der Waals surface area contributed by atoms with Crippen molar-refractivity contribution >= 4 is 5.91 Å². The van der Waals surface area contributed by atoms with Crippen LogP contribution < -0.4 is 5.32 Å². The molecule has 0 unspecified atom stereocenters. The number of ether oxygens (including phenoxy) is 2. The highest BCUT2D eigenvalue weighted by Crippen LogP contribution is 2.09. The SMILES string of the molecule is COCC[C@@H](C)NC(=O)c1cc(CN2CCOCC2)on1. The third kappa shape index (κ3) is 5.11. The van der Waals surface area contributed by atoms with Gasteiger partial charge in [-0.1, -0.05) is 5.16 Å². The predicted octanol–water partition coefficient (Wildman–Crippen LogP) is 0.662. The number of methoxy groups -OCH3 is 1. The van der Waals surface area contributed by atoms with E-state index in [0.717, 1.165) is 32.7 Å². The maximum Gasteiger partial charge on any atom is 0.273 e. The second-order valence-electron chi connectivity index (χ2n) is 5.22. The lowest BCUT2D eigenvalue weighted by Gasteiger charge is -2.25. The number of amides is 1. The highest BCUT2D eigenvalue weighted by Gasteiger charge is 2.17. The molecule has 0 radical (unpaired) electrons. The zero-order valence-electron chi connectivity index (χ0n) is 12.6. The zero-order valence-corrected chi connectivity index (χ0v) is 12.6. The van der Waals surface area contributed by atoms with Crippen LogP contribution in [0.3, 0.4) is 0 Å². The molecule has 1 aliphatic heterocycles. The molecule has 1 saturated heterocycles. The first-order chi connectivity index (χ1) is 10.2. The minimum atomic E-state index is -0.212. The number of carbonyl (C=O) groups excluding carboxylic acids is 1. The van der Waals surface area contributed by atoms with Crippen LogP contribution in [-0.2, 0) is 16.0 Å². The number of aromatic nitrogens is 1. The fourth-order valence-corrected chi connectivity index (χ4v) is 2.14. The van der Waals surface area contributed by atoms with E-state index < -0.39 is 0 Å². The molecule has 7 heteroatoms. The third-order valence-electron chi connectivity index (χ3n) is 3.41. The Morgan fingerprint density at radius 3 is 3.00 bits per heavy atom. The van der Waals surface area contributed by atoms with Crippen LogP contribution in [0.4, 0.5) is 0 Å². The summed E-state index contributed by atoms with van der Waals surface area (Å²) in [7, 11) is 1.64. The van der Waals surface area contributed by atoms with E-state index in [1.165, 1.54) is 0 Å². The number of carbonyl (C=O) groups is 1. The number of hydrogen-bond donors (Lipinski definition) is 1. The molecule has 1 atom stereocenters. The number of hydrogen-bond acceptors (Lipinski definition) is 6. The topological polar surface area (TPSA) is 76.8 Å². The largest absolute Gasteiger partial charge is 0.385 e. The molecule has 118 valence electrons. The van der Waals surface area contributed by atoms with Gasteiger partial charge in [-0.05, 0) is 13.3 Å². The predicted molar refractivity (Wildman–Crippen MR) is 76.0 cm³/mol. The van der Waals surface area contributed by atoms with Crippen molar-refractivity contribution in [3.63, 3.8) is 0 Å². The van der Waals surface area contributed by atoms with Crippen LogP contribution in [0.1, 0.15) is 29.6 Å². The maximum atomic E-state index is 12.0. The second-order valence-corrected chi connectivity index (χ2v) is 5.22. The molecule has 21 heavy (non-hydrogen) atoms. The Bertz CT molecular complexity index is 443. The van der Waals surface area contributed by atoms with E-state index in [-0.39, 0.29) is 11.9 Å². The van der Waals surface area contributed by atoms with Gasteiger partial charge in [0.2, 0.25) is 0 Å². The molecule has 1 aromatic heterocycles. The molecule has 0 aliphatic carbocycles. The molecule has 0 spiro atoms. The van der Waals surface area contributed by atoms with Gasteiger partial charge in [-0.15, -0.1) is 0 Å². The fourth-order valence-electron chi connectivity index (χ4n) is 2.14. The molecular weight excluding hydrogens is 274 g/mol. The van der Waals surface area contributed by atoms with Gasteiger partial charge < -0.3 is 19.3 Å². The van der Waals surface area contributed by atoms with Gasteiger partial charge >= 0.3 is 0 Å². The summed E-state index contributed by atoms with van der Waals surface area (Å²) in [5.41, 5.74) is 0.322. The van der Waals surface area contributed by atoms with Crippen LogP contribution in [0.25, 0.3) is 0 Å². The van der Waals surface area contributed by atoms with E-state index in [9.17, 15) is 4.79 Å². The van der Waals surface area contributed by atoms with Gasteiger partial charge in [0.15, 0.2) is 11.5 Å². The van der Waals surface area contributed by atoms with Crippen LogP contribution in [0, 0.1) is 0 Å². The first-order valence-corrected chi connectivity index (χ1v) is 7.24. The van der Waals surface area contributed by atoms with Crippen molar-refractivity contribution in [2.45, 2.75) is 25.9 Å². The molecule has 2 heterocycles. The summed E-state index contributed by atoms with van der Waals surface area (Å²) >= 11 is 0. The summed E-state index contributed by atoms with van der Waals surface area (Å²) in [4.78, 5) is 14.2. The van der Waals surface area contributed by atoms with E-state index in [2.05, 4.69) is 15.4 Å². The molecule has 0 bridgehead atoms. The summed E-state index contributed by atoms with van der Waals surface area (Å²) in [6.45, 7) is 6.42. The Kier molecular flexibility index (Phi) is 6.16. The zero-order chi connectivity index (χ0) is 15.1. The normalized spacial score (nSPS) is 17.6. The summed E-state index contributed by atoms with van der Waals surface area (Å²) < 4.78 is 15.5. The molecule has 0 saturated carbocycles. The molecule has 7 nitrogen and oxygen atoms in total. The average molecular weight is 297 g/mol. The summed E-state index contributed by atoms with van der Waals surface area (Å²) in [6, 6.07) is 1.74. The lowest BCUT2D eigenvalue weighted by atomic mass is 10.2. The Hall–Kier alpha value is -1.44. The Labute approximate surface area is 124 Å². The lowest BCUT2D eigenvalue weighted by molar-refractivity contribution is 0.0305. The molecule has 1 amide bonds. The van der Waals surface area contributed by atoms with E-state index in [1.807, 2.05) is 6.92 Å². The van der Waals surface area contributed by atoms with Crippen molar-refractivity contribution < 1.29 is 18.8 Å². The summed E-state index contributed by atoms with van der Waals surface area (Å²) in [5.74, 6) is 0.488. The van der Waals surface area contributed by atoms with Gasteiger partial charge in [-0.25, -0.2) is 0 Å². The number of rotatable bonds is 7. The average Bonchev–Trinajstić information content (AvgIpc) is 2.95. The summed E-state index contributed by atoms with van der Waals surface area (Å²) in [5, 5.41) is 6.71. The second kappa shape index (κ2) is 8.11. The van der Waals surface area contributed by atoms with Crippen molar-refractivity contribution in [2.24, 2.45) is 0 Å². The van der Waals surface area contributed by atoms with Gasteiger partial charge in [0.05, 0.1) is 19.8 Å². The molecule has 1 N–H and O–H groups in total. The molecule has 2 rings (SSSR count). The van der Waals surface area contributed by atoms with Crippen LogP contribution in [-0.4, -0.2) is 62.0 Å². The molecule has 1 aromatic rings. The molecule has 0 aromatic carbocycles. The van der Waals surface area contributed by atoms with E-state index in [0.29, 0.717) is 24.6 Å². The van der Waals surface area contributed by atoms with E-state index in [4.69, 9.17) is 14.0 Å². The van der Waals surface area contributed by atoms with E-state index in [1.54, 1.807) is 13.2 Å². The monoisotopic (exact) mass is 297 g/mol. The number of morpholine rings is 1. The molecular formula is C14H23N3O4. The van der Waals surface area contributed by atoms with Crippen LogP contribution in [0.5, 0.6) is 0 Å². The lowest BCUT2D eigenvalue weighted by Crippen LogP contribution is -2.35. The van der Waals surface area contributed by atoms with E-state index >= 15 is 0 Å². The third-order valence-corrected chi connectivity index (χ3v) is 3.41. The summed E-state index contributed by atoms with van der Waals surface area (Å²) in [6.07, 6.45) is 0.765.